The molecule has 0 unspecified atom stereocenters. The summed E-state index contributed by atoms with van der Waals surface area (Å²) in [5, 5.41) is 2.10. The second kappa shape index (κ2) is 5.03. The molecule has 0 aliphatic heterocycles. The van der Waals surface area contributed by atoms with Crippen molar-refractivity contribution in [3.05, 3.63) is 34.7 Å². The summed E-state index contributed by atoms with van der Waals surface area (Å²) in [5.41, 5.74) is 0. The third kappa shape index (κ3) is 4.21. The lowest BCUT2D eigenvalue weighted by Gasteiger charge is -2.14. The van der Waals surface area contributed by atoms with E-state index in [0.717, 1.165) is 10.4 Å². The maximum Gasteiger partial charge on any atom is 0.241 e. The minimum atomic E-state index is -1.50. The monoisotopic (exact) mass is 222 g/mol. The molecule has 0 radical (unpaired) electrons. The van der Waals surface area contributed by atoms with Crippen LogP contribution in [-0.4, -0.2) is 15.4 Å². The zero-order chi connectivity index (χ0) is 11.3. The van der Waals surface area contributed by atoms with Gasteiger partial charge in [-0.25, -0.2) is 0 Å². The number of methoxy groups -OCH3 is 1. The average Bonchev–Trinajstić information content (AvgIpc) is 2.16. The lowest BCUT2D eigenvalue weighted by molar-refractivity contribution is 0.391. The zero-order valence-electron chi connectivity index (χ0n) is 9.78. The predicted octanol–water partition coefficient (Wildman–Crippen LogP) is 1.66. The van der Waals surface area contributed by atoms with E-state index in [1.807, 2.05) is 30.5 Å². The highest BCUT2D eigenvalue weighted by Gasteiger charge is 2.12. The van der Waals surface area contributed by atoms with Gasteiger partial charge in [0.1, 0.15) is 0 Å². The molecule has 15 heavy (non-hydrogen) atoms. The van der Waals surface area contributed by atoms with Gasteiger partial charge >= 0.3 is 0 Å². The van der Waals surface area contributed by atoms with E-state index >= 15 is 0 Å². The normalized spacial score (nSPS) is 14.1. The second-order valence-corrected chi connectivity index (χ2v) is 8.79. The fourth-order valence-electron chi connectivity index (χ4n) is 1.09. The van der Waals surface area contributed by atoms with E-state index in [2.05, 4.69) is 19.6 Å². The van der Waals surface area contributed by atoms with Crippen LogP contribution in [0.3, 0.4) is 0 Å². The summed E-state index contributed by atoms with van der Waals surface area (Å²) in [6, 6.07) is 8.00. The maximum absolute atomic E-state index is 5.74. The molecule has 1 aromatic carbocycles. The Morgan fingerprint density at radius 2 is 1.53 bits per heavy atom. The fraction of sp³-hybridized carbons (Fsp3) is 0.333. The van der Waals surface area contributed by atoms with E-state index in [0.29, 0.717) is 0 Å². The van der Waals surface area contributed by atoms with Crippen molar-refractivity contribution in [2.45, 2.75) is 19.6 Å². The molecular weight excluding hydrogens is 204 g/mol. The molecule has 82 valence electrons. The number of benzene rings is 1. The summed E-state index contributed by atoms with van der Waals surface area (Å²) in [7, 11) is 0.153. The first-order chi connectivity index (χ1) is 7.03. The molecule has 0 atom stereocenters. The van der Waals surface area contributed by atoms with Crippen LogP contribution in [0.2, 0.25) is 19.6 Å². The number of rotatable bonds is 3. The molecule has 3 heteroatoms. The Morgan fingerprint density at radius 1 is 1.00 bits per heavy atom. The van der Waals surface area contributed by atoms with Crippen LogP contribution in [0.15, 0.2) is 24.3 Å². The first kappa shape index (κ1) is 11.8. The van der Waals surface area contributed by atoms with Gasteiger partial charge in [-0.3, -0.25) is 0 Å². The summed E-state index contributed by atoms with van der Waals surface area (Å²) >= 11 is 0. The third-order valence-corrected chi connectivity index (χ3v) is 2.61. The molecule has 0 amide bonds. The van der Waals surface area contributed by atoms with Gasteiger partial charge in [0.05, 0.1) is 19.6 Å². The highest BCUT2D eigenvalue weighted by molar-refractivity contribution is 6.70. The predicted molar refractivity (Wildman–Crippen MR) is 66.1 cm³/mol. The van der Waals surface area contributed by atoms with E-state index in [9.17, 15) is 0 Å². The van der Waals surface area contributed by atoms with E-state index < -0.39 is 8.32 Å². The van der Waals surface area contributed by atoms with Crippen molar-refractivity contribution in [1.82, 2.24) is 0 Å². The maximum atomic E-state index is 5.74. The van der Waals surface area contributed by atoms with Crippen molar-refractivity contribution in [2.24, 2.45) is 0 Å². The Bertz CT molecular complexity index is 418. The Labute approximate surface area is 92.0 Å². The van der Waals surface area contributed by atoms with Gasteiger partial charge in [0, 0.05) is 10.4 Å². The van der Waals surface area contributed by atoms with Crippen LogP contribution in [0, 0.1) is 0 Å². The average molecular weight is 222 g/mol. The van der Waals surface area contributed by atoms with Gasteiger partial charge in [0.25, 0.3) is 0 Å². The summed E-state index contributed by atoms with van der Waals surface area (Å²) in [6.07, 6.45) is 3.55. The molecular formula is C12H18O2Si. The quantitative estimate of drug-likeness (QED) is 0.724. The van der Waals surface area contributed by atoms with Crippen LogP contribution in [0.4, 0.5) is 0 Å². The zero-order valence-corrected chi connectivity index (χ0v) is 10.8. The molecule has 0 aromatic heterocycles. The largest absolute Gasteiger partial charge is 0.549 e. The Kier molecular flexibility index (Phi) is 3.97. The molecule has 0 heterocycles. The van der Waals surface area contributed by atoms with Gasteiger partial charge in [-0.2, -0.15) is 0 Å². The lowest BCUT2D eigenvalue weighted by Crippen LogP contribution is -2.28. The van der Waals surface area contributed by atoms with Crippen molar-refractivity contribution in [1.29, 1.82) is 0 Å². The first-order valence-electron chi connectivity index (χ1n) is 4.99. The lowest BCUT2D eigenvalue weighted by atomic mass is 10.2. The van der Waals surface area contributed by atoms with E-state index in [1.165, 1.54) is 0 Å². The molecule has 0 aliphatic carbocycles. The number of ether oxygens (including phenoxy) is 1. The second-order valence-electron chi connectivity index (χ2n) is 4.33. The minimum Gasteiger partial charge on any atom is -0.549 e. The van der Waals surface area contributed by atoms with Crippen LogP contribution in [-0.2, 0) is 9.16 Å². The molecule has 1 aromatic rings. The van der Waals surface area contributed by atoms with Crippen LogP contribution < -0.4 is 10.4 Å². The summed E-state index contributed by atoms with van der Waals surface area (Å²) in [5.74, 6) is 0. The molecule has 2 nitrogen and oxygen atoms in total. The summed E-state index contributed by atoms with van der Waals surface area (Å²) < 4.78 is 10.8. The van der Waals surface area contributed by atoms with Gasteiger partial charge in [-0.1, -0.05) is 24.3 Å². The van der Waals surface area contributed by atoms with Crippen LogP contribution in [0.25, 0.3) is 12.5 Å². The molecule has 0 fully saturated rings. The van der Waals surface area contributed by atoms with Crippen LogP contribution >= 0.6 is 0 Å². The Morgan fingerprint density at radius 3 is 2.00 bits per heavy atom. The smallest absolute Gasteiger partial charge is 0.241 e. The molecule has 1 rings (SSSR count). The molecule has 0 spiro atoms. The minimum absolute atomic E-state index is 1.04. The summed E-state index contributed by atoms with van der Waals surface area (Å²) in [4.78, 5) is 0. The molecule has 0 aliphatic rings. The van der Waals surface area contributed by atoms with E-state index in [-0.39, 0.29) is 0 Å². The van der Waals surface area contributed by atoms with Crippen molar-refractivity contribution in [2.75, 3.05) is 7.11 Å². The van der Waals surface area contributed by atoms with Gasteiger partial charge in [-0.15, -0.1) is 0 Å². The Hall–Kier alpha value is -1.22. The topological polar surface area (TPSA) is 18.5 Å². The number of hydrogen-bond acceptors (Lipinski definition) is 2. The van der Waals surface area contributed by atoms with Crippen molar-refractivity contribution in [3.8, 4) is 0 Å². The van der Waals surface area contributed by atoms with E-state index in [1.54, 1.807) is 13.4 Å². The molecule has 0 N–H and O–H groups in total. The van der Waals surface area contributed by atoms with Gasteiger partial charge in [0.2, 0.25) is 8.32 Å². The molecule has 0 saturated heterocycles. The van der Waals surface area contributed by atoms with Crippen molar-refractivity contribution in [3.63, 3.8) is 0 Å². The van der Waals surface area contributed by atoms with Gasteiger partial charge in [0.15, 0.2) is 0 Å². The molecule has 0 bridgehead atoms. The standard InChI is InChI=1S/C12H18O2Si/c1-13-9-11-7-5-6-8-12(11)10-14-15(2,3)4/h5-10H,1-4H3/b11-9-,12-10-. The van der Waals surface area contributed by atoms with Crippen molar-refractivity contribution < 1.29 is 9.16 Å². The summed E-state index contributed by atoms with van der Waals surface area (Å²) in [6.45, 7) is 6.48. The van der Waals surface area contributed by atoms with Gasteiger partial charge in [-0.05, 0) is 19.6 Å². The SMILES string of the molecule is CO/C=c1/cccc/c1=C/O[Si](C)(C)C. The number of hydrogen-bond donors (Lipinski definition) is 0. The van der Waals surface area contributed by atoms with Crippen LogP contribution in [0.5, 0.6) is 0 Å². The van der Waals surface area contributed by atoms with Gasteiger partial charge < -0.3 is 9.16 Å². The highest BCUT2D eigenvalue weighted by atomic mass is 28.4. The highest BCUT2D eigenvalue weighted by Crippen LogP contribution is 2.01. The first-order valence-corrected chi connectivity index (χ1v) is 8.40. The van der Waals surface area contributed by atoms with Crippen LogP contribution in [0.1, 0.15) is 0 Å². The third-order valence-electron chi connectivity index (χ3n) is 1.78. The fourth-order valence-corrected chi connectivity index (χ4v) is 1.57. The van der Waals surface area contributed by atoms with Crippen molar-refractivity contribution >= 4 is 20.8 Å². The molecule has 0 saturated carbocycles. The Balaban J connectivity index is 3.09. The van der Waals surface area contributed by atoms with E-state index in [4.69, 9.17) is 9.16 Å².